The molecule has 2 aromatic carbocycles. The molecule has 49 heavy (non-hydrogen) atoms. The Morgan fingerprint density at radius 2 is 1.39 bits per heavy atom. The molecule has 0 saturated carbocycles. The molecule has 4 atom stereocenters. The van der Waals surface area contributed by atoms with Gasteiger partial charge in [-0.2, -0.15) is 0 Å². The van der Waals surface area contributed by atoms with Crippen molar-refractivity contribution in [1.82, 2.24) is 15.5 Å². The first-order valence-corrected chi connectivity index (χ1v) is 17.7. The van der Waals surface area contributed by atoms with E-state index in [1.165, 1.54) is 0 Å². The van der Waals surface area contributed by atoms with Crippen LogP contribution in [0.4, 0.5) is 0 Å². The van der Waals surface area contributed by atoms with Gasteiger partial charge in [0.05, 0.1) is 23.8 Å². The van der Waals surface area contributed by atoms with Crippen LogP contribution in [0.25, 0.3) is 0 Å². The van der Waals surface area contributed by atoms with E-state index in [4.69, 9.17) is 11.5 Å². The molecule has 11 heteroatoms. The van der Waals surface area contributed by atoms with Crippen molar-refractivity contribution in [2.45, 2.75) is 77.3 Å². The van der Waals surface area contributed by atoms with Crippen molar-refractivity contribution in [1.29, 1.82) is 0 Å². The van der Waals surface area contributed by atoms with Crippen LogP contribution in [-0.2, 0) is 36.8 Å². The highest BCUT2D eigenvalue weighted by Gasteiger charge is 2.40. The lowest BCUT2D eigenvalue weighted by Gasteiger charge is -2.34. The van der Waals surface area contributed by atoms with Crippen LogP contribution < -0.4 is 22.1 Å². The average Bonchev–Trinajstić information content (AvgIpc) is 3.10. The van der Waals surface area contributed by atoms with Gasteiger partial charge in [0, 0.05) is 26.2 Å². The predicted molar refractivity (Wildman–Crippen MR) is 189 cm³/mol. The number of aliphatic carboxylic acids is 1. The minimum absolute atomic E-state index is 0.0518. The highest BCUT2D eigenvalue weighted by Crippen LogP contribution is 2.25. The first-order valence-electron chi connectivity index (χ1n) is 17.7. The van der Waals surface area contributed by atoms with Gasteiger partial charge in [-0.15, -0.1) is 0 Å². The van der Waals surface area contributed by atoms with E-state index in [0.717, 1.165) is 11.1 Å². The number of carbonyl (C=O) groups excluding carboxylic acids is 4. The Kier molecular flexibility index (Phi) is 16.6. The molecule has 3 rings (SSSR count). The van der Waals surface area contributed by atoms with Crippen LogP contribution in [0, 0.1) is 23.7 Å². The number of unbranched alkanes of at least 4 members (excludes halogenated alkanes) is 1. The van der Waals surface area contributed by atoms with Crippen LogP contribution in [0.3, 0.4) is 0 Å². The van der Waals surface area contributed by atoms with E-state index in [1.54, 1.807) is 4.90 Å². The third-order valence-corrected chi connectivity index (χ3v) is 9.22. The van der Waals surface area contributed by atoms with Gasteiger partial charge in [0.2, 0.25) is 11.8 Å². The van der Waals surface area contributed by atoms with Crippen LogP contribution in [0.15, 0.2) is 60.7 Å². The molecule has 1 aliphatic rings. The van der Waals surface area contributed by atoms with Gasteiger partial charge in [0.1, 0.15) is 6.04 Å². The molecular formula is C38H55N5O6. The van der Waals surface area contributed by atoms with Gasteiger partial charge in [-0.05, 0) is 75.0 Å². The number of hydrogen-bond acceptors (Lipinski definition) is 8. The second kappa shape index (κ2) is 20.6. The molecule has 1 saturated heterocycles. The Morgan fingerprint density at radius 1 is 0.796 bits per heavy atom. The molecule has 0 radical (unpaired) electrons. The van der Waals surface area contributed by atoms with Crippen molar-refractivity contribution in [3.63, 3.8) is 0 Å². The van der Waals surface area contributed by atoms with Crippen LogP contribution in [-0.4, -0.2) is 84.2 Å². The summed E-state index contributed by atoms with van der Waals surface area (Å²) in [7, 11) is 0. The molecule has 268 valence electrons. The molecule has 0 bridgehead atoms. The van der Waals surface area contributed by atoms with Crippen molar-refractivity contribution in [2.24, 2.45) is 35.1 Å². The molecule has 7 N–H and O–H groups in total. The number of hydrogen-bond donors (Lipinski definition) is 5. The number of rotatable bonds is 21. The van der Waals surface area contributed by atoms with E-state index in [1.807, 2.05) is 74.5 Å². The fraction of sp³-hybridized carbons (Fsp3) is 0.553. The zero-order valence-electron chi connectivity index (χ0n) is 29.0. The topological polar surface area (TPSA) is 185 Å². The number of carboxylic acids is 1. The third-order valence-electron chi connectivity index (χ3n) is 9.22. The lowest BCUT2D eigenvalue weighted by molar-refractivity contribution is -0.146. The number of likely N-dealkylation sites (tertiary alicyclic amines) is 1. The summed E-state index contributed by atoms with van der Waals surface area (Å²) in [5, 5.41) is 15.6. The molecule has 1 fully saturated rings. The molecule has 2 amide bonds. The van der Waals surface area contributed by atoms with Gasteiger partial charge in [0.15, 0.2) is 11.6 Å². The monoisotopic (exact) mass is 677 g/mol. The number of carbonyl (C=O) groups is 5. The fourth-order valence-corrected chi connectivity index (χ4v) is 6.47. The van der Waals surface area contributed by atoms with Gasteiger partial charge in [-0.3, -0.25) is 24.0 Å². The molecule has 0 spiro atoms. The lowest BCUT2D eigenvalue weighted by Crippen LogP contribution is -2.54. The molecule has 2 aromatic rings. The summed E-state index contributed by atoms with van der Waals surface area (Å²) in [6.07, 6.45) is 2.94. The Morgan fingerprint density at radius 3 is 1.92 bits per heavy atom. The second-order valence-electron chi connectivity index (χ2n) is 13.5. The highest BCUT2D eigenvalue weighted by molar-refractivity contribution is 6.13. The normalized spacial score (nSPS) is 16.1. The van der Waals surface area contributed by atoms with Crippen molar-refractivity contribution in [2.75, 3.05) is 32.7 Å². The van der Waals surface area contributed by atoms with E-state index in [-0.39, 0.29) is 43.5 Å². The Hall–Kier alpha value is -3.93. The Bertz CT molecular complexity index is 1350. The highest BCUT2D eigenvalue weighted by atomic mass is 16.4. The molecule has 0 unspecified atom stereocenters. The van der Waals surface area contributed by atoms with Crippen molar-refractivity contribution < 1.29 is 29.1 Å². The van der Waals surface area contributed by atoms with Gasteiger partial charge in [0.25, 0.3) is 0 Å². The molecule has 1 heterocycles. The van der Waals surface area contributed by atoms with Crippen LogP contribution >= 0.6 is 0 Å². The number of nitrogens with one attached hydrogen (secondary N) is 2. The predicted octanol–water partition coefficient (Wildman–Crippen LogP) is 2.74. The fourth-order valence-electron chi connectivity index (χ4n) is 6.47. The molecule has 1 aliphatic heterocycles. The zero-order valence-corrected chi connectivity index (χ0v) is 29.0. The van der Waals surface area contributed by atoms with E-state index in [2.05, 4.69) is 10.6 Å². The second-order valence-corrected chi connectivity index (χ2v) is 13.5. The van der Waals surface area contributed by atoms with E-state index < -0.39 is 47.5 Å². The zero-order chi connectivity index (χ0) is 35.8. The first kappa shape index (κ1) is 39.5. The number of carboxylic acid groups (broad SMARTS) is 1. The number of nitrogens with two attached hydrogens (primary N) is 2. The maximum atomic E-state index is 14.6. The average molecular weight is 678 g/mol. The third kappa shape index (κ3) is 12.5. The number of ketones is 2. The van der Waals surface area contributed by atoms with E-state index in [0.29, 0.717) is 58.2 Å². The number of Topliss-reactive ketones (excluding diaryl/α,β-unsaturated/α-hetero) is 2. The van der Waals surface area contributed by atoms with Crippen molar-refractivity contribution in [3.8, 4) is 0 Å². The number of nitrogens with zero attached hydrogens (tertiary/aromatic N) is 1. The largest absolute Gasteiger partial charge is 0.481 e. The van der Waals surface area contributed by atoms with Crippen molar-refractivity contribution in [3.05, 3.63) is 71.8 Å². The van der Waals surface area contributed by atoms with E-state index >= 15 is 0 Å². The van der Waals surface area contributed by atoms with Gasteiger partial charge >= 0.3 is 5.97 Å². The standard InChI is InChI=1S/C38H55N5O6/c1-26(2)23-31(36(46)42-32(15-9-10-18-39)37(47)43-21-16-29(17-22-43)38(48)49)34(44)30(24-27-11-5-3-6-12-27)35(45)33(41-20-19-40)25-28-13-7-4-8-14-28/h3-8,11-14,26,29-33,41H,9-10,15-25,39-40H2,1-2H3,(H,42,46)(H,48,49)/t30-,31-,32-,33-/m1/s1. The summed E-state index contributed by atoms with van der Waals surface area (Å²) < 4.78 is 0. The Balaban J connectivity index is 1.92. The number of amides is 2. The lowest BCUT2D eigenvalue weighted by atomic mass is 9.78. The van der Waals surface area contributed by atoms with Gasteiger partial charge in [-0.1, -0.05) is 74.5 Å². The van der Waals surface area contributed by atoms with Crippen LogP contribution in [0.1, 0.15) is 63.5 Å². The molecular weight excluding hydrogens is 622 g/mol. The molecule has 0 aliphatic carbocycles. The number of benzene rings is 2. The van der Waals surface area contributed by atoms with Crippen molar-refractivity contribution >= 4 is 29.4 Å². The van der Waals surface area contributed by atoms with E-state index in [9.17, 15) is 29.1 Å². The maximum Gasteiger partial charge on any atom is 0.306 e. The summed E-state index contributed by atoms with van der Waals surface area (Å²) in [5.74, 6) is -5.35. The quantitative estimate of drug-likeness (QED) is 0.0979. The molecule has 11 nitrogen and oxygen atoms in total. The maximum absolute atomic E-state index is 14.6. The van der Waals surface area contributed by atoms with Gasteiger partial charge < -0.3 is 32.1 Å². The summed E-state index contributed by atoms with van der Waals surface area (Å²) in [6, 6.07) is 17.3. The summed E-state index contributed by atoms with van der Waals surface area (Å²) in [6.45, 7) is 5.50. The van der Waals surface area contributed by atoms with Gasteiger partial charge in [-0.25, -0.2) is 0 Å². The summed E-state index contributed by atoms with van der Waals surface area (Å²) >= 11 is 0. The summed E-state index contributed by atoms with van der Waals surface area (Å²) in [4.78, 5) is 70.0. The van der Waals surface area contributed by atoms with Crippen LogP contribution in [0.2, 0.25) is 0 Å². The minimum atomic E-state index is -1.16. The Labute approximate surface area is 290 Å². The first-order chi connectivity index (χ1) is 23.5. The smallest absolute Gasteiger partial charge is 0.306 e. The summed E-state index contributed by atoms with van der Waals surface area (Å²) in [5.41, 5.74) is 13.3. The molecule has 0 aromatic heterocycles. The minimum Gasteiger partial charge on any atom is -0.481 e. The number of piperidine rings is 1. The SMILES string of the molecule is CC(C)C[C@@H](C(=O)N[C@H](CCCCN)C(=O)N1CCC(C(=O)O)CC1)C(=O)[C@@H](Cc1ccccc1)C(=O)[C@@H](Cc1ccccc1)NCCN. The van der Waals surface area contributed by atoms with Crippen LogP contribution in [0.5, 0.6) is 0 Å².